The minimum Gasteiger partial charge on any atom is -0.456 e. The molecular formula is C33H17NO. The lowest BCUT2D eigenvalue weighted by Gasteiger charge is -2.15. The van der Waals surface area contributed by atoms with Crippen molar-refractivity contribution in [2.75, 3.05) is 0 Å². The minimum absolute atomic E-state index is 0.718. The van der Waals surface area contributed by atoms with Crippen molar-refractivity contribution in [1.82, 2.24) is 0 Å². The maximum Gasteiger partial charge on any atom is 0.136 e. The van der Waals surface area contributed by atoms with Gasteiger partial charge < -0.3 is 4.42 Å². The van der Waals surface area contributed by atoms with Crippen LogP contribution in [-0.2, 0) is 0 Å². The maximum absolute atomic E-state index is 9.67. The third-order valence-electron chi connectivity index (χ3n) is 7.43. The number of fused-ring (bicyclic) bond motifs is 4. The Labute approximate surface area is 200 Å². The lowest BCUT2D eigenvalue weighted by Crippen LogP contribution is -1.89. The summed E-state index contributed by atoms with van der Waals surface area (Å²) in [7, 11) is 0. The first-order valence-corrected chi connectivity index (χ1v) is 11.7. The summed E-state index contributed by atoms with van der Waals surface area (Å²) in [6.45, 7) is 0. The first kappa shape index (κ1) is 18.5. The van der Waals surface area contributed by atoms with Crippen LogP contribution >= 0.6 is 0 Å². The Kier molecular flexibility index (Phi) is 3.49. The Morgan fingerprint density at radius 3 is 2.03 bits per heavy atom. The Hall–Kier alpha value is -4.87. The van der Waals surface area contributed by atoms with E-state index in [1.54, 1.807) is 0 Å². The van der Waals surface area contributed by atoms with Gasteiger partial charge in [-0.25, -0.2) is 0 Å². The van der Waals surface area contributed by atoms with Crippen LogP contribution in [0.2, 0.25) is 0 Å². The molecule has 8 rings (SSSR count). The van der Waals surface area contributed by atoms with Crippen molar-refractivity contribution in [3.05, 3.63) is 109 Å². The number of nitrogens with zero attached hydrogens (tertiary/aromatic N) is 1. The Morgan fingerprint density at radius 1 is 0.514 bits per heavy atom. The van der Waals surface area contributed by atoms with E-state index >= 15 is 0 Å². The zero-order valence-electron chi connectivity index (χ0n) is 18.7. The molecule has 0 aliphatic carbocycles. The van der Waals surface area contributed by atoms with Gasteiger partial charge in [-0.15, -0.1) is 0 Å². The summed E-state index contributed by atoms with van der Waals surface area (Å²) >= 11 is 0. The van der Waals surface area contributed by atoms with Gasteiger partial charge in [0.1, 0.15) is 11.2 Å². The van der Waals surface area contributed by atoms with Crippen molar-refractivity contribution >= 4 is 65.0 Å². The van der Waals surface area contributed by atoms with Gasteiger partial charge in [-0.3, -0.25) is 0 Å². The average molecular weight is 444 g/mol. The van der Waals surface area contributed by atoms with E-state index in [4.69, 9.17) is 4.42 Å². The average Bonchev–Trinajstić information content (AvgIpc) is 3.26. The molecular weight excluding hydrogens is 426 g/mol. The van der Waals surface area contributed by atoms with Crippen LogP contribution in [0.3, 0.4) is 0 Å². The molecule has 35 heavy (non-hydrogen) atoms. The van der Waals surface area contributed by atoms with Crippen LogP contribution in [-0.4, -0.2) is 0 Å². The predicted molar refractivity (Wildman–Crippen MR) is 145 cm³/mol. The van der Waals surface area contributed by atoms with Crippen molar-refractivity contribution < 1.29 is 4.42 Å². The Bertz CT molecular complexity index is 2170. The van der Waals surface area contributed by atoms with Crippen molar-refractivity contribution in [1.29, 1.82) is 5.26 Å². The summed E-state index contributed by atoms with van der Waals surface area (Å²) in [6.07, 6.45) is 0. The molecule has 160 valence electrons. The first-order valence-electron chi connectivity index (χ1n) is 11.7. The summed E-state index contributed by atoms with van der Waals surface area (Å²) in [4.78, 5) is 0. The van der Waals surface area contributed by atoms with E-state index in [2.05, 4.69) is 103 Å². The monoisotopic (exact) mass is 443 g/mol. The number of hydrogen-bond donors (Lipinski definition) is 0. The van der Waals surface area contributed by atoms with Gasteiger partial charge >= 0.3 is 0 Å². The second kappa shape index (κ2) is 6.59. The fourth-order valence-electron chi connectivity index (χ4n) is 5.78. The van der Waals surface area contributed by atoms with E-state index in [9.17, 15) is 5.26 Å². The van der Waals surface area contributed by atoms with Gasteiger partial charge in [-0.1, -0.05) is 72.8 Å². The molecule has 1 heterocycles. The van der Waals surface area contributed by atoms with Gasteiger partial charge in [0.25, 0.3) is 0 Å². The van der Waals surface area contributed by atoms with E-state index in [0.717, 1.165) is 43.8 Å². The van der Waals surface area contributed by atoms with E-state index < -0.39 is 0 Å². The van der Waals surface area contributed by atoms with Crippen LogP contribution in [0.4, 0.5) is 0 Å². The lowest BCUT2D eigenvalue weighted by atomic mass is 9.88. The molecule has 0 unspecified atom stereocenters. The molecule has 2 heteroatoms. The molecule has 0 aliphatic rings. The van der Waals surface area contributed by atoms with Gasteiger partial charge in [-0.2, -0.15) is 5.26 Å². The van der Waals surface area contributed by atoms with E-state index in [-0.39, 0.29) is 0 Å². The zero-order chi connectivity index (χ0) is 23.1. The second-order valence-electron chi connectivity index (χ2n) is 9.27. The third kappa shape index (κ3) is 2.47. The van der Waals surface area contributed by atoms with E-state index in [1.165, 1.54) is 37.9 Å². The summed E-state index contributed by atoms with van der Waals surface area (Å²) in [5.74, 6) is 0. The SMILES string of the molecule is N#Cc1ccc2ccc3c(-c4ccc5oc6cc7ccccc7cc6c5c4)ccc4ccc1c2c43. The number of hydrogen-bond acceptors (Lipinski definition) is 2. The topological polar surface area (TPSA) is 36.9 Å². The van der Waals surface area contributed by atoms with Crippen molar-refractivity contribution in [3.63, 3.8) is 0 Å². The van der Waals surface area contributed by atoms with Crippen molar-refractivity contribution in [2.45, 2.75) is 0 Å². The molecule has 2 nitrogen and oxygen atoms in total. The number of furan rings is 1. The largest absolute Gasteiger partial charge is 0.456 e. The fourth-order valence-corrected chi connectivity index (χ4v) is 5.78. The van der Waals surface area contributed by atoms with Gasteiger partial charge in [0.05, 0.1) is 11.6 Å². The number of benzene rings is 7. The van der Waals surface area contributed by atoms with E-state index in [0.29, 0.717) is 0 Å². The Balaban J connectivity index is 1.44. The summed E-state index contributed by atoms with van der Waals surface area (Å²) in [5.41, 5.74) is 4.87. The predicted octanol–water partition coefficient (Wildman–Crippen LogP) is 9.18. The summed E-state index contributed by atoms with van der Waals surface area (Å²) in [6, 6.07) is 38.6. The summed E-state index contributed by atoms with van der Waals surface area (Å²) < 4.78 is 6.23. The lowest BCUT2D eigenvalue weighted by molar-refractivity contribution is 0.669. The van der Waals surface area contributed by atoms with Crippen molar-refractivity contribution in [2.24, 2.45) is 0 Å². The van der Waals surface area contributed by atoms with Crippen LogP contribution < -0.4 is 0 Å². The van der Waals surface area contributed by atoms with Gasteiger partial charge in [0.2, 0.25) is 0 Å². The number of rotatable bonds is 1. The highest BCUT2D eigenvalue weighted by Gasteiger charge is 2.15. The second-order valence-corrected chi connectivity index (χ2v) is 9.27. The third-order valence-corrected chi connectivity index (χ3v) is 7.43. The van der Waals surface area contributed by atoms with Gasteiger partial charge in [0.15, 0.2) is 0 Å². The highest BCUT2D eigenvalue weighted by molar-refractivity contribution is 6.26. The molecule has 0 radical (unpaired) electrons. The highest BCUT2D eigenvalue weighted by Crippen LogP contribution is 2.41. The zero-order valence-corrected chi connectivity index (χ0v) is 18.7. The smallest absolute Gasteiger partial charge is 0.136 e. The normalized spacial score (nSPS) is 12.0. The minimum atomic E-state index is 0.718. The van der Waals surface area contributed by atoms with Gasteiger partial charge in [0, 0.05) is 16.2 Å². The maximum atomic E-state index is 9.67. The standard InChI is InChI=1S/C33H17NO/c34-18-24-6-5-19-9-13-27-25(11-7-20-8-12-26(24)32(19)33(20)27)23-10-14-30-28(16-23)29-15-21-3-1-2-4-22(21)17-31(29)35-30/h1-17H. The Morgan fingerprint density at radius 2 is 1.20 bits per heavy atom. The molecule has 0 aliphatic heterocycles. The van der Waals surface area contributed by atoms with Crippen LogP contribution in [0.5, 0.6) is 0 Å². The van der Waals surface area contributed by atoms with Crippen LogP contribution in [0.15, 0.2) is 108 Å². The molecule has 0 saturated carbocycles. The quantitative estimate of drug-likeness (QED) is 0.237. The van der Waals surface area contributed by atoms with E-state index in [1.807, 2.05) is 6.07 Å². The molecule has 0 N–H and O–H groups in total. The molecule has 7 aromatic carbocycles. The molecule has 0 spiro atoms. The molecule has 1 aromatic heterocycles. The van der Waals surface area contributed by atoms with Crippen LogP contribution in [0.25, 0.3) is 76.2 Å². The molecule has 8 aromatic rings. The first-order chi connectivity index (χ1) is 17.3. The fraction of sp³-hybridized carbons (Fsp3) is 0. The molecule has 0 amide bonds. The van der Waals surface area contributed by atoms with Crippen LogP contribution in [0, 0.1) is 11.3 Å². The van der Waals surface area contributed by atoms with Crippen LogP contribution in [0.1, 0.15) is 5.56 Å². The molecule has 0 fully saturated rings. The summed E-state index contributed by atoms with van der Waals surface area (Å²) in [5, 5.41) is 21.3. The van der Waals surface area contributed by atoms with Crippen molar-refractivity contribution in [3.8, 4) is 17.2 Å². The highest BCUT2D eigenvalue weighted by atomic mass is 16.3. The molecule has 0 bridgehead atoms. The van der Waals surface area contributed by atoms with Gasteiger partial charge in [-0.05, 0) is 79.2 Å². The molecule has 0 atom stereocenters. The molecule has 0 saturated heterocycles. The number of nitriles is 1.